The minimum absolute atomic E-state index is 0.0153. The third kappa shape index (κ3) is 10.2. The van der Waals surface area contributed by atoms with Crippen LogP contribution in [-0.2, 0) is 44.8 Å². The van der Waals surface area contributed by atoms with Crippen LogP contribution in [0.2, 0.25) is 0 Å². The van der Waals surface area contributed by atoms with Crippen LogP contribution in [-0.4, -0.2) is 92.4 Å². The number of oxime groups is 1. The van der Waals surface area contributed by atoms with Crippen molar-refractivity contribution in [3.8, 4) is 5.75 Å². The van der Waals surface area contributed by atoms with Crippen LogP contribution in [0.1, 0.15) is 66.6 Å². The number of esters is 2. The first-order valence-electron chi connectivity index (χ1n) is 16.0. The van der Waals surface area contributed by atoms with E-state index in [1.165, 1.54) is 35.9 Å². The number of anilines is 1. The molecule has 1 saturated heterocycles. The SMILES string of the molecule is COc1ccc(COC(=O)C2=C(CCl)CS[C@H]3[C@H](NC(=O)C(=NOC(C)(C)C(=O)OC(C)(C)C)c4csc(NC(=O)OC(C)(C)C)n4)C(=O)N23)cc1. The minimum Gasteiger partial charge on any atom is -0.497 e. The van der Waals surface area contributed by atoms with E-state index in [0.29, 0.717) is 22.6 Å². The molecule has 2 atom stereocenters. The number of ether oxygens (including phenoxy) is 4. The maximum Gasteiger partial charge on any atom is 0.413 e. The number of β-lactam (4-membered cyclic amide) rings is 1. The van der Waals surface area contributed by atoms with E-state index in [4.69, 9.17) is 35.4 Å². The maximum atomic E-state index is 13.8. The predicted octanol–water partition coefficient (Wildman–Crippen LogP) is 4.98. The Morgan fingerprint density at radius 3 is 2.27 bits per heavy atom. The van der Waals surface area contributed by atoms with Gasteiger partial charge in [-0.15, -0.1) is 34.7 Å². The van der Waals surface area contributed by atoms with E-state index in [9.17, 15) is 24.0 Å². The quantitative estimate of drug-likeness (QED) is 0.0737. The van der Waals surface area contributed by atoms with Crippen LogP contribution in [0.5, 0.6) is 5.75 Å². The van der Waals surface area contributed by atoms with E-state index in [0.717, 1.165) is 11.3 Å². The Hall–Kier alpha value is -4.35. The van der Waals surface area contributed by atoms with Crippen molar-refractivity contribution < 1.29 is 47.8 Å². The lowest BCUT2D eigenvalue weighted by molar-refractivity contribution is -0.179. The van der Waals surface area contributed by atoms with Gasteiger partial charge in [0.15, 0.2) is 10.8 Å². The number of aromatic nitrogens is 1. The summed E-state index contributed by atoms with van der Waals surface area (Å²) < 4.78 is 21.4. The minimum atomic E-state index is -1.64. The van der Waals surface area contributed by atoms with Gasteiger partial charge >= 0.3 is 18.0 Å². The number of nitrogens with one attached hydrogen (secondary N) is 2. The van der Waals surface area contributed by atoms with Crippen LogP contribution in [0.15, 0.2) is 46.1 Å². The Bertz CT molecular complexity index is 1760. The summed E-state index contributed by atoms with van der Waals surface area (Å²) in [5.74, 6) is -2.00. The fraction of sp³-hybridized carbons (Fsp3) is 0.500. The highest BCUT2D eigenvalue weighted by Gasteiger charge is 2.54. The molecule has 0 bridgehead atoms. The molecule has 0 unspecified atom stereocenters. The zero-order valence-electron chi connectivity index (χ0n) is 30.3. The van der Waals surface area contributed by atoms with E-state index >= 15 is 0 Å². The van der Waals surface area contributed by atoms with Gasteiger partial charge in [-0.3, -0.25) is 19.8 Å². The fourth-order valence-electron chi connectivity index (χ4n) is 4.56. The number of thioether (sulfide) groups is 1. The molecule has 0 spiro atoms. The van der Waals surface area contributed by atoms with Crippen LogP contribution < -0.4 is 15.4 Å². The Labute approximate surface area is 314 Å². The number of hydrogen-bond donors (Lipinski definition) is 2. The van der Waals surface area contributed by atoms with Crippen molar-refractivity contribution in [3.63, 3.8) is 0 Å². The van der Waals surface area contributed by atoms with Crippen molar-refractivity contribution >= 4 is 75.4 Å². The Morgan fingerprint density at radius 1 is 1.02 bits per heavy atom. The third-order valence-corrected chi connectivity index (χ3v) is 9.46. The zero-order valence-corrected chi connectivity index (χ0v) is 32.7. The topological polar surface area (TPSA) is 184 Å². The number of alkyl halides is 1. The molecule has 18 heteroatoms. The predicted molar refractivity (Wildman–Crippen MR) is 195 cm³/mol. The molecule has 3 heterocycles. The number of amides is 3. The average molecular weight is 780 g/mol. The Kier molecular flexibility index (Phi) is 12.5. The third-order valence-electron chi connectivity index (χ3n) is 7.04. The highest BCUT2D eigenvalue weighted by atomic mass is 35.5. The van der Waals surface area contributed by atoms with E-state index in [1.54, 1.807) is 72.9 Å². The van der Waals surface area contributed by atoms with Crippen molar-refractivity contribution in [2.45, 2.75) is 90.2 Å². The molecule has 0 saturated carbocycles. The van der Waals surface area contributed by atoms with Gasteiger partial charge in [-0.25, -0.2) is 19.4 Å². The molecule has 3 amide bonds. The summed E-state index contributed by atoms with van der Waals surface area (Å²) in [4.78, 5) is 77.1. The van der Waals surface area contributed by atoms with Crippen LogP contribution >= 0.6 is 34.7 Å². The van der Waals surface area contributed by atoms with Gasteiger partial charge in [0.1, 0.15) is 46.4 Å². The molecule has 1 fully saturated rings. The van der Waals surface area contributed by atoms with Gasteiger partial charge in [-0.05, 0) is 78.7 Å². The first kappa shape index (κ1) is 40.4. The summed E-state index contributed by atoms with van der Waals surface area (Å²) in [5.41, 5.74) is -2.42. The van der Waals surface area contributed by atoms with Crippen molar-refractivity contribution in [1.82, 2.24) is 15.2 Å². The lowest BCUT2D eigenvalue weighted by Crippen LogP contribution is -2.71. The number of hydrogen-bond acceptors (Lipinski definition) is 14. The molecule has 4 rings (SSSR count). The summed E-state index contributed by atoms with van der Waals surface area (Å²) in [6, 6.07) is 5.88. The molecule has 0 aliphatic carbocycles. The summed E-state index contributed by atoms with van der Waals surface area (Å²) in [7, 11) is 1.54. The van der Waals surface area contributed by atoms with Crippen molar-refractivity contribution in [2.24, 2.45) is 5.16 Å². The molecular formula is C34H42ClN5O10S2. The highest BCUT2D eigenvalue weighted by Crippen LogP contribution is 2.41. The number of methoxy groups -OCH3 is 1. The number of nitrogens with zero attached hydrogens (tertiary/aromatic N) is 3. The lowest BCUT2D eigenvalue weighted by Gasteiger charge is -2.49. The number of carbonyl (C=O) groups is 5. The molecule has 0 radical (unpaired) electrons. The van der Waals surface area contributed by atoms with Gasteiger partial charge < -0.3 is 29.1 Å². The van der Waals surface area contributed by atoms with Gasteiger partial charge in [0.05, 0.1) is 7.11 Å². The number of carbonyl (C=O) groups excluding carboxylic acids is 5. The second kappa shape index (κ2) is 16.1. The van der Waals surface area contributed by atoms with Crippen LogP contribution in [0.3, 0.4) is 0 Å². The normalized spacial score (nSPS) is 17.8. The number of rotatable bonds is 12. The fourth-order valence-corrected chi connectivity index (χ4v) is 6.92. The van der Waals surface area contributed by atoms with Gasteiger partial charge in [0.2, 0.25) is 5.60 Å². The summed E-state index contributed by atoms with van der Waals surface area (Å²) in [6.07, 6.45) is -0.768. The zero-order chi connectivity index (χ0) is 38.6. The molecule has 2 aromatic rings. The van der Waals surface area contributed by atoms with Crippen molar-refractivity contribution in [3.05, 3.63) is 52.2 Å². The van der Waals surface area contributed by atoms with E-state index < -0.39 is 63.8 Å². The Balaban J connectivity index is 1.54. The number of benzene rings is 1. The number of halogens is 1. The largest absolute Gasteiger partial charge is 0.497 e. The smallest absolute Gasteiger partial charge is 0.413 e. The first-order chi connectivity index (χ1) is 24.2. The van der Waals surface area contributed by atoms with E-state index in [1.807, 2.05) is 0 Å². The summed E-state index contributed by atoms with van der Waals surface area (Å²) in [6.45, 7) is 13.0. The molecule has 2 aliphatic heterocycles. The van der Waals surface area contributed by atoms with Gasteiger partial charge in [0, 0.05) is 17.0 Å². The first-order valence-corrected chi connectivity index (χ1v) is 18.5. The van der Waals surface area contributed by atoms with Crippen LogP contribution in [0.4, 0.5) is 9.93 Å². The molecule has 52 heavy (non-hydrogen) atoms. The second-order valence-electron chi connectivity index (χ2n) is 14.1. The summed E-state index contributed by atoms with van der Waals surface area (Å²) >= 11 is 8.46. The highest BCUT2D eigenvalue weighted by molar-refractivity contribution is 8.00. The van der Waals surface area contributed by atoms with Crippen LogP contribution in [0.25, 0.3) is 0 Å². The molecule has 1 aromatic heterocycles. The van der Waals surface area contributed by atoms with Crippen molar-refractivity contribution in [2.75, 3.05) is 24.1 Å². The Morgan fingerprint density at radius 2 is 1.67 bits per heavy atom. The second-order valence-corrected chi connectivity index (χ2v) is 16.3. The molecule has 2 aliphatic rings. The van der Waals surface area contributed by atoms with Gasteiger partial charge in [-0.1, -0.05) is 17.3 Å². The average Bonchev–Trinajstić information content (AvgIpc) is 3.51. The number of fused-ring (bicyclic) bond motifs is 1. The standard InChI is InChI=1S/C34H42ClN5O10S2/c1-32(2,3)48-29(44)34(7,8)50-39-22(21-17-52-30(36-21)38-31(45)49-33(4,5)6)25(41)37-23-26(42)40-24(19(14-35)16-51-27(23)40)28(43)47-15-18-10-12-20(46-9)13-11-18/h10-13,17,23,27H,14-16H2,1-9H3,(H,37,41)(H,36,38,45)/t23-,27+/m1/s1. The van der Waals surface area contributed by atoms with E-state index in [-0.39, 0.29) is 29.0 Å². The molecular weight excluding hydrogens is 738 g/mol. The van der Waals surface area contributed by atoms with Crippen molar-refractivity contribution in [1.29, 1.82) is 0 Å². The summed E-state index contributed by atoms with van der Waals surface area (Å²) in [5, 5.41) is 10.0. The monoisotopic (exact) mass is 779 g/mol. The van der Waals surface area contributed by atoms with Gasteiger partial charge in [-0.2, -0.15) is 0 Å². The molecule has 2 N–H and O–H groups in total. The van der Waals surface area contributed by atoms with Crippen LogP contribution in [0, 0.1) is 0 Å². The number of thiazole rings is 1. The van der Waals surface area contributed by atoms with E-state index in [2.05, 4.69) is 20.8 Å². The maximum absolute atomic E-state index is 13.8. The molecule has 282 valence electrons. The lowest BCUT2D eigenvalue weighted by atomic mass is 10.0. The molecule has 15 nitrogen and oxygen atoms in total. The van der Waals surface area contributed by atoms with Gasteiger partial charge in [0.25, 0.3) is 11.8 Å². The molecule has 1 aromatic carbocycles.